The van der Waals surface area contributed by atoms with Crippen molar-refractivity contribution in [3.63, 3.8) is 0 Å². The summed E-state index contributed by atoms with van der Waals surface area (Å²) >= 11 is 0. The molecular formula is C70H108O6. The Kier molecular flexibility index (Phi) is 58.0. The van der Waals surface area contributed by atoms with Crippen molar-refractivity contribution in [2.45, 2.75) is 239 Å². The Morgan fingerprint density at radius 1 is 0.276 bits per heavy atom. The van der Waals surface area contributed by atoms with Gasteiger partial charge in [-0.2, -0.15) is 0 Å². The summed E-state index contributed by atoms with van der Waals surface area (Å²) in [4.78, 5) is 37.9. The molecule has 0 bridgehead atoms. The van der Waals surface area contributed by atoms with Crippen molar-refractivity contribution in [2.24, 2.45) is 0 Å². The summed E-state index contributed by atoms with van der Waals surface area (Å²) in [6.45, 7) is 6.27. The van der Waals surface area contributed by atoms with Gasteiger partial charge in [0, 0.05) is 19.3 Å². The minimum atomic E-state index is -0.817. The molecule has 0 aliphatic rings. The van der Waals surface area contributed by atoms with E-state index in [1.807, 2.05) is 0 Å². The first-order valence-electron chi connectivity index (χ1n) is 30.1. The monoisotopic (exact) mass is 1040 g/mol. The maximum atomic E-state index is 12.8. The Balaban J connectivity index is 4.20. The molecule has 6 nitrogen and oxygen atoms in total. The van der Waals surface area contributed by atoms with Crippen LogP contribution in [0.15, 0.2) is 170 Å². The van der Waals surface area contributed by atoms with Crippen LogP contribution in [0, 0.1) is 0 Å². The molecule has 0 aromatic carbocycles. The number of hydrogen-bond donors (Lipinski definition) is 0. The highest BCUT2D eigenvalue weighted by molar-refractivity contribution is 5.71. The topological polar surface area (TPSA) is 78.9 Å². The van der Waals surface area contributed by atoms with E-state index < -0.39 is 6.10 Å². The number of ether oxygens (including phenoxy) is 3. The van der Waals surface area contributed by atoms with Gasteiger partial charge in [0.1, 0.15) is 13.2 Å². The summed E-state index contributed by atoms with van der Waals surface area (Å²) in [5.74, 6) is -1.00. The number of carbonyl (C=O) groups is 3. The third-order valence-corrected chi connectivity index (χ3v) is 12.0. The smallest absolute Gasteiger partial charge is 0.306 e. The second-order valence-electron chi connectivity index (χ2n) is 19.1. The van der Waals surface area contributed by atoms with Crippen LogP contribution in [-0.4, -0.2) is 37.2 Å². The number of carbonyl (C=O) groups excluding carboxylic acids is 3. The average Bonchev–Trinajstić information content (AvgIpc) is 3.42. The number of rotatable bonds is 52. The van der Waals surface area contributed by atoms with Crippen LogP contribution in [0.5, 0.6) is 0 Å². The number of unbranched alkanes of at least 4 members (excludes halogenated alkanes) is 13. The fourth-order valence-corrected chi connectivity index (χ4v) is 7.53. The zero-order chi connectivity index (χ0) is 55.0. The lowest BCUT2D eigenvalue weighted by Gasteiger charge is -2.18. The van der Waals surface area contributed by atoms with Crippen LogP contribution in [0.2, 0.25) is 0 Å². The van der Waals surface area contributed by atoms with Crippen LogP contribution in [0.4, 0.5) is 0 Å². The summed E-state index contributed by atoms with van der Waals surface area (Å²) in [5.41, 5.74) is 0. The highest BCUT2D eigenvalue weighted by atomic mass is 16.6. The van der Waals surface area contributed by atoms with Crippen molar-refractivity contribution in [3.8, 4) is 0 Å². The number of allylic oxidation sites excluding steroid dienone is 28. The van der Waals surface area contributed by atoms with Crippen molar-refractivity contribution in [2.75, 3.05) is 13.2 Å². The molecule has 0 aliphatic carbocycles. The first-order valence-corrected chi connectivity index (χ1v) is 30.1. The molecule has 0 aliphatic heterocycles. The standard InChI is InChI=1S/C70H108O6/c1-4-7-10-13-16-18-20-22-24-26-27-28-29-30-31-32-33-34-35-36-37-38-39-40-41-42-43-45-46-48-50-52-54-57-60-63-69(72)75-66-67(65-74-68(71)62-59-56-15-12-9-6-3)76-70(73)64-61-58-55-53-51-49-47-44-25-23-21-19-17-14-11-8-5-2/h7-8,10-11,16-19,22-25,27-28,30-31,33-34,36-37,39-40,42-43,47,49,53,55,67H,4-6,9,12-15,20-21,26,29,32,35,38,41,44-46,48,50-52,54,56-66H2,1-3H3/b10-7-,11-8-,18-16-,19-17-,24-22-,25-23-,28-27-,31-30-,34-33-,37-36-,40-39-,43-42-,49-47-,55-53-. The molecule has 0 amide bonds. The van der Waals surface area contributed by atoms with Crippen molar-refractivity contribution in [3.05, 3.63) is 170 Å². The van der Waals surface area contributed by atoms with Gasteiger partial charge in [0.25, 0.3) is 0 Å². The van der Waals surface area contributed by atoms with E-state index in [1.165, 1.54) is 44.9 Å². The van der Waals surface area contributed by atoms with Crippen LogP contribution in [0.25, 0.3) is 0 Å². The predicted octanol–water partition coefficient (Wildman–Crippen LogP) is 20.7. The molecule has 6 heteroatoms. The quantitative estimate of drug-likeness (QED) is 0.0261. The lowest BCUT2D eigenvalue weighted by Crippen LogP contribution is -2.30. The fourth-order valence-electron chi connectivity index (χ4n) is 7.53. The molecule has 76 heavy (non-hydrogen) atoms. The Labute approximate surface area is 466 Å². The van der Waals surface area contributed by atoms with Crippen LogP contribution >= 0.6 is 0 Å². The van der Waals surface area contributed by atoms with E-state index in [9.17, 15) is 14.4 Å². The molecule has 0 saturated carbocycles. The summed E-state index contributed by atoms with van der Waals surface area (Å²) in [6, 6.07) is 0. The fraction of sp³-hybridized carbons (Fsp3) is 0.557. The minimum Gasteiger partial charge on any atom is -0.462 e. The van der Waals surface area contributed by atoms with Gasteiger partial charge in [0.05, 0.1) is 0 Å². The van der Waals surface area contributed by atoms with Gasteiger partial charge in [-0.3, -0.25) is 14.4 Å². The highest BCUT2D eigenvalue weighted by Gasteiger charge is 2.19. The zero-order valence-corrected chi connectivity index (χ0v) is 48.4. The van der Waals surface area contributed by atoms with E-state index in [1.54, 1.807) is 0 Å². The van der Waals surface area contributed by atoms with E-state index in [0.29, 0.717) is 19.3 Å². The molecule has 0 aromatic rings. The lowest BCUT2D eigenvalue weighted by molar-refractivity contribution is -0.167. The molecule has 0 fully saturated rings. The SMILES string of the molecule is CC/C=C\C/C=C\C/C=C\C/C=C\C/C=C\C/C=C\C/C=C\C/C=C\C/C=C\CCCCCCCCCC(=O)OCC(COC(=O)CCCCCCCC)OC(=O)CCC/C=C\C/C=C\C/C=C\C/C=C\C/C=C\CC. The number of esters is 3. The van der Waals surface area contributed by atoms with Crippen LogP contribution in [-0.2, 0) is 28.6 Å². The van der Waals surface area contributed by atoms with Crippen LogP contribution < -0.4 is 0 Å². The van der Waals surface area contributed by atoms with Gasteiger partial charge < -0.3 is 14.2 Å². The van der Waals surface area contributed by atoms with Gasteiger partial charge >= 0.3 is 17.9 Å². The summed E-state index contributed by atoms with van der Waals surface area (Å²) in [7, 11) is 0. The van der Waals surface area contributed by atoms with Crippen molar-refractivity contribution < 1.29 is 28.6 Å². The van der Waals surface area contributed by atoms with Gasteiger partial charge in [0.2, 0.25) is 0 Å². The van der Waals surface area contributed by atoms with Crippen LogP contribution in [0.1, 0.15) is 233 Å². The second kappa shape index (κ2) is 62.3. The second-order valence-corrected chi connectivity index (χ2v) is 19.1. The molecule has 0 heterocycles. The first-order chi connectivity index (χ1) is 37.5. The van der Waals surface area contributed by atoms with Gasteiger partial charge in [-0.25, -0.2) is 0 Å². The molecule has 0 N–H and O–H groups in total. The van der Waals surface area contributed by atoms with Crippen molar-refractivity contribution >= 4 is 17.9 Å². The van der Waals surface area contributed by atoms with Crippen molar-refractivity contribution in [1.82, 2.24) is 0 Å². The zero-order valence-electron chi connectivity index (χ0n) is 48.4. The van der Waals surface area contributed by atoms with E-state index >= 15 is 0 Å². The molecule has 0 radical (unpaired) electrons. The summed E-state index contributed by atoms with van der Waals surface area (Å²) < 4.78 is 16.7. The van der Waals surface area contributed by atoms with E-state index in [-0.39, 0.29) is 37.5 Å². The number of hydrogen-bond acceptors (Lipinski definition) is 6. The molecule has 0 rings (SSSR count). The molecule has 0 aromatic heterocycles. The van der Waals surface area contributed by atoms with E-state index in [4.69, 9.17) is 14.2 Å². The lowest BCUT2D eigenvalue weighted by atomic mass is 10.1. The Hall–Kier alpha value is -5.23. The largest absolute Gasteiger partial charge is 0.462 e. The van der Waals surface area contributed by atoms with Gasteiger partial charge in [-0.15, -0.1) is 0 Å². The van der Waals surface area contributed by atoms with Crippen LogP contribution in [0.3, 0.4) is 0 Å². The first kappa shape index (κ1) is 70.8. The molecule has 0 spiro atoms. The molecule has 0 saturated heterocycles. The van der Waals surface area contributed by atoms with Gasteiger partial charge in [0.15, 0.2) is 6.10 Å². The normalized spacial score (nSPS) is 13.4. The van der Waals surface area contributed by atoms with E-state index in [0.717, 1.165) is 141 Å². The summed E-state index contributed by atoms with van der Waals surface area (Å²) in [5, 5.41) is 0. The molecular weight excluding hydrogens is 937 g/mol. The molecule has 1 atom stereocenters. The highest BCUT2D eigenvalue weighted by Crippen LogP contribution is 2.13. The van der Waals surface area contributed by atoms with E-state index in [2.05, 4.69) is 191 Å². The molecule has 1 unspecified atom stereocenters. The Morgan fingerprint density at radius 3 is 0.842 bits per heavy atom. The van der Waals surface area contributed by atoms with Gasteiger partial charge in [-0.1, -0.05) is 255 Å². The third kappa shape index (κ3) is 59.6. The summed E-state index contributed by atoms with van der Waals surface area (Å²) in [6.07, 6.45) is 92.5. The average molecular weight is 1050 g/mol. The van der Waals surface area contributed by atoms with Crippen molar-refractivity contribution in [1.29, 1.82) is 0 Å². The Bertz CT molecular complexity index is 1770. The third-order valence-electron chi connectivity index (χ3n) is 12.0. The maximum Gasteiger partial charge on any atom is 0.306 e. The predicted molar refractivity (Wildman–Crippen MR) is 329 cm³/mol. The molecule has 424 valence electrons. The van der Waals surface area contributed by atoms with Gasteiger partial charge in [-0.05, 0) is 128 Å². The maximum absolute atomic E-state index is 12.8. The Morgan fingerprint density at radius 2 is 0.526 bits per heavy atom. The minimum absolute atomic E-state index is 0.111.